The third kappa shape index (κ3) is 4.22. The number of Topliss-reactive ketones (excluding diaryl/α,β-unsaturated/α-hetero) is 1. The lowest BCUT2D eigenvalue weighted by molar-refractivity contribution is 0.0728. The molecule has 2 aromatic rings. The van der Waals surface area contributed by atoms with Crippen molar-refractivity contribution in [1.82, 2.24) is 9.88 Å². The fraction of sp³-hybridized carbons (Fsp3) is 0.400. The molecule has 3 rings (SSSR count). The van der Waals surface area contributed by atoms with Crippen molar-refractivity contribution in [3.63, 3.8) is 0 Å². The van der Waals surface area contributed by atoms with Crippen LogP contribution in [0.3, 0.4) is 0 Å². The van der Waals surface area contributed by atoms with Crippen LogP contribution in [0.5, 0.6) is 0 Å². The number of nitrogens with zero attached hydrogens (tertiary/aromatic N) is 2. The zero-order valence-electron chi connectivity index (χ0n) is 14.0. The lowest BCUT2D eigenvalue weighted by Gasteiger charge is -2.36. The Bertz CT molecular complexity index is 689. The molecular weight excluding hydrogens is 320 g/mol. The van der Waals surface area contributed by atoms with Gasteiger partial charge < -0.3 is 4.90 Å². The summed E-state index contributed by atoms with van der Waals surface area (Å²) in [4.78, 5) is 19.5. The van der Waals surface area contributed by atoms with Gasteiger partial charge in [0.2, 0.25) is 0 Å². The number of aryl methyl sites for hydroxylation is 1. The van der Waals surface area contributed by atoms with Gasteiger partial charge in [-0.2, -0.15) is 0 Å². The molecule has 2 atom stereocenters. The number of rotatable bonds is 5. The van der Waals surface area contributed by atoms with Crippen molar-refractivity contribution in [3.8, 4) is 0 Å². The van der Waals surface area contributed by atoms with Crippen molar-refractivity contribution >= 4 is 17.4 Å². The molecule has 0 saturated carbocycles. The van der Waals surface area contributed by atoms with Crippen LogP contribution in [0.25, 0.3) is 0 Å². The van der Waals surface area contributed by atoms with Crippen LogP contribution in [-0.4, -0.2) is 35.8 Å². The second kappa shape index (κ2) is 7.91. The SMILES string of the molecule is CN1CC[C@H](C(=O)c2ccccn2)[C@H](CCc2cccc(Cl)c2)C1. The lowest BCUT2D eigenvalue weighted by atomic mass is 9.78. The largest absolute Gasteiger partial charge is 0.306 e. The van der Waals surface area contributed by atoms with E-state index in [4.69, 9.17) is 11.6 Å². The van der Waals surface area contributed by atoms with E-state index < -0.39 is 0 Å². The summed E-state index contributed by atoms with van der Waals surface area (Å²) < 4.78 is 0. The molecule has 24 heavy (non-hydrogen) atoms. The molecule has 1 saturated heterocycles. The molecule has 3 nitrogen and oxygen atoms in total. The number of likely N-dealkylation sites (tertiary alicyclic amines) is 1. The molecule has 1 aliphatic heterocycles. The van der Waals surface area contributed by atoms with Gasteiger partial charge in [0.05, 0.1) is 0 Å². The normalized spacial score (nSPS) is 21.6. The van der Waals surface area contributed by atoms with Crippen molar-refractivity contribution in [2.24, 2.45) is 11.8 Å². The number of ketones is 1. The summed E-state index contributed by atoms with van der Waals surface area (Å²) in [5, 5.41) is 0.773. The molecule has 0 unspecified atom stereocenters. The molecule has 0 amide bonds. The number of piperidine rings is 1. The molecule has 126 valence electrons. The summed E-state index contributed by atoms with van der Waals surface area (Å²) in [5.41, 5.74) is 1.83. The van der Waals surface area contributed by atoms with Crippen molar-refractivity contribution in [3.05, 3.63) is 64.9 Å². The van der Waals surface area contributed by atoms with E-state index in [0.29, 0.717) is 11.6 Å². The molecule has 1 fully saturated rings. The fourth-order valence-electron chi connectivity index (χ4n) is 3.59. The third-order valence-electron chi connectivity index (χ3n) is 4.88. The van der Waals surface area contributed by atoms with Gasteiger partial charge in [0, 0.05) is 23.7 Å². The molecule has 0 bridgehead atoms. The van der Waals surface area contributed by atoms with Gasteiger partial charge in [-0.1, -0.05) is 29.8 Å². The van der Waals surface area contributed by atoms with Crippen LogP contribution in [0.15, 0.2) is 48.7 Å². The molecule has 4 heteroatoms. The number of benzene rings is 1. The number of hydrogen-bond donors (Lipinski definition) is 0. The second-order valence-electron chi connectivity index (χ2n) is 6.67. The molecule has 0 spiro atoms. The van der Waals surface area contributed by atoms with E-state index in [1.807, 2.05) is 36.4 Å². The molecule has 1 aromatic heterocycles. The standard InChI is InChI=1S/C20H23ClN2O/c1-23-12-10-18(20(24)19-7-2-3-11-22-19)16(14-23)9-8-15-5-4-6-17(21)13-15/h2-7,11,13,16,18H,8-10,12,14H2,1H3/t16-,18+/m1/s1. The minimum absolute atomic E-state index is 0.0651. The maximum Gasteiger partial charge on any atom is 0.184 e. The Morgan fingerprint density at radius 3 is 2.92 bits per heavy atom. The zero-order chi connectivity index (χ0) is 16.9. The molecule has 0 N–H and O–H groups in total. The van der Waals surface area contributed by atoms with Gasteiger partial charge >= 0.3 is 0 Å². The van der Waals surface area contributed by atoms with Crippen LogP contribution in [-0.2, 0) is 6.42 Å². The highest BCUT2D eigenvalue weighted by Crippen LogP contribution is 2.30. The van der Waals surface area contributed by atoms with Gasteiger partial charge in [0.15, 0.2) is 5.78 Å². The maximum absolute atomic E-state index is 12.9. The Morgan fingerprint density at radius 2 is 2.17 bits per heavy atom. The Kier molecular flexibility index (Phi) is 5.64. The Balaban J connectivity index is 1.71. The number of pyridine rings is 1. The minimum atomic E-state index is 0.0651. The van der Waals surface area contributed by atoms with Gasteiger partial charge in [-0.05, 0) is 68.6 Å². The first-order chi connectivity index (χ1) is 11.6. The predicted molar refractivity (Wildman–Crippen MR) is 97.4 cm³/mol. The van der Waals surface area contributed by atoms with Crippen molar-refractivity contribution in [2.75, 3.05) is 20.1 Å². The fourth-order valence-corrected chi connectivity index (χ4v) is 3.81. The Hall–Kier alpha value is -1.71. The lowest BCUT2D eigenvalue weighted by Crippen LogP contribution is -2.41. The number of aromatic nitrogens is 1. The van der Waals surface area contributed by atoms with E-state index in [2.05, 4.69) is 23.0 Å². The second-order valence-corrected chi connectivity index (χ2v) is 7.10. The average molecular weight is 343 g/mol. The number of hydrogen-bond acceptors (Lipinski definition) is 3. The van der Waals surface area contributed by atoms with E-state index in [1.54, 1.807) is 6.20 Å². The van der Waals surface area contributed by atoms with E-state index in [-0.39, 0.29) is 11.7 Å². The monoisotopic (exact) mass is 342 g/mol. The number of carbonyl (C=O) groups excluding carboxylic acids is 1. The molecular formula is C20H23ClN2O. The first-order valence-corrected chi connectivity index (χ1v) is 8.89. The highest BCUT2D eigenvalue weighted by molar-refractivity contribution is 6.30. The predicted octanol–water partition coefficient (Wildman–Crippen LogP) is 4.12. The molecule has 0 radical (unpaired) electrons. The van der Waals surface area contributed by atoms with Crippen molar-refractivity contribution in [1.29, 1.82) is 0 Å². The van der Waals surface area contributed by atoms with Crippen molar-refractivity contribution < 1.29 is 4.79 Å². The zero-order valence-corrected chi connectivity index (χ0v) is 14.7. The van der Waals surface area contributed by atoms with E-state index >= 15 is 0 Å². The van der Waals surface area contributed by atoms with Crippen LogP contribution in [0, 0.1) is 11.8 Å². The average Bonchev–Trinajstić information content (AvgIpc) is 2.60. The summed E-state index contributed by atoms with van der Waals surface area (Å²) in [5.74, 6) is 0.618. The van der Waals surface area contributed by atoms with Gasteiger partial charge in [0.1, 0.15) is 5.69 Å². The summed E-state index contributed by atoms with van der Waals surface area (Å²) >= 11 is 6.08. The summed E-state index contributed by atoms with van der Waals surface area (Å²) in [6.45, 7) is 1.93. The number of halogens is 1. The molecule has 1 aromatic carbocycles. The van der Waals surface area contributed by atoms with Gasteiger partial charge in [-0.25, -0.2) is 0 Å². The quantitative estimate of drug-likeness (QED) is 0.766. The molecule has 1 aliphatic rings. The first-order valence-electron chi connectivity index (χ1n) is 8.51. The summed E-state index contributed by atoms with van der Waals surface area (Å²) in [6.07, 6.45) is 4.55. The third-order valence-corrected chi connectivity index (χ3v) is 5.12. The van der Waals surface area contributed by atoms with Crippen molar-refractivity contribution in [2.45, 2.75) is 19.3 Å². The van der Waals surface area contributed by atoms with Crippen LogP contribution in [0.1, 0.15) is 28.9 Å². The topological polar surface area (TPSA) is 33.2 Å². The van der Waals surface area contributed by atoms with Crippen LogP contribution in [0.4, 0.5) is 0 Å². The Labute approximate surface area is 148 Å². The minimum Gasteiger partial charge on any atom is -0.306 e. The number of carbonyl (C=O) groups is 1. The van der Waals surface area contributed by atoms with E-state index in [9.17, 15) is 4.79 Å². The van der Waals surface area contributed by atoms with E-state index in [1.165, 1.54) is 5.56 Å². The van der Waals surface area contributed by atoms with Crippen LogP contribution >= 0.6 is 11.6 Å². The highest BCUT2D eigenvalue weighted by Gasteiger charge is 2.33. The van der Waals surface area contributed by atoms with Gasteiger partial charge in [-0.15, -0.1) is 0 Å². The maximum atomic E-state index is 12.9. The summed E-state index contributed by atoms with van der Waals surface area (Å²) in [7, 11) is 2.13. The Morgan fingerprint density at radius 1 is 1.29 bits per heavy atom. The smallest absolute Gasteiger partial charge is 0.184 e. The van der Waals surface area contributed by atoms with Crippen LogP contribution in [0.2, 0.25) is 5.02 Å². The highest BCUT2D eigenvalue weighted by atomic mass is 35.5. The van der Waals surface area contributed by atoms with Crippen LogP contribution < -0.4 is 0 Å². The van der Waals surface area contributed by atoms with Gasteiger partial charge in [-0.3, -0.25) is 9.78 Å². The summed E-state index contributed by atoms with van der Waals surface area (Å²) in [6, 6.07) is 13.6. The van der Waals surface area contributed by atoms with E-state index in [0.717, 1.165) is 37.4 Å². The van der Waals surface area contributed by atoms with Gasteiger partial charge in [0.25, 0.3) is 0 Å². The molecule has 2 heterocycles. The molecule has 0 aliphatic carbocycles. The first kappa shape index (κ1) is 17.1.